The number of carbonyl (C=O) groups is 1. The van der Waals surface area contributed by atoms with Crippen LogP contribution in [0.3, 0.4) is 0 Å². The Morgan fingerprint density at radius 2 is 1.72 bits per heavy atom. The van der Waals surface area contributed by atoms with E-state index < -0.39 is 10.0 Å². The molecule has 0 saturated carbocycles. The molecular formula is C22H20N4O3S3. The number of sulfonamides is 1. The molecule has 0 atom stereocenters. The van der Waals surface area contributed by atoms with Gasteiger partial charge in [0.1, 0.15) is 16.3 Å². The molecule has 10 heteroatoms. The van der Waals surface area contributed by atoms with Crippen LogP contribution < -0.4 is 0 Å². The lowest BCUT2D eigenvalue weighted by Crippen LogP contribution is -2.50. The van der Waals surface area contributed by atoms with Crippen LogP contribution in [0.2, 0.25) is 0 Å². The lowest BCUT2D eigenvalue weighted by atomic mass is 10.0. The number of fused-ring (bicyclic) bond motifs is 1. The third-order valence-electron chi connectivity index (χ3n) is 5.61. The van der Waals surface area contributed by atoms with Crippen molar-refractivity contribution >= 4 is 50.0 Å². The minimum absolute atomic E-state index is 0.0570. The van der Waals surface area contributed by atoms with E-state index in [1.165, 1.54) is 21.2 Å². The Labute approximate surface area is 194 Å². The lowest BCUT2D eigenvalue weighted by molar-refractivity contribution is 0.0703. The molecule has 7 nitrogen and oxygen atoms in total. The van der Waals surface area contributed by atoms with Crippen LogP contribution in [0.5, 0.6) is 0 Å². The van der Waals surface area contributed by atoms with E-state index in [1.54, 1.807) is 23.1 Å². The van der Waals surface area contributed by atoms with Gasteiger partial charge in [0.05, 0.1) is 16.2 Å². The molecule has 1 fully saturated rings. The maximum Gasteiger partial charge on any atom is 0.264 e. The summed E-state index contributed by atoms with van der Waals surface area (Å²) in [5, 5.41) is 1.92. The summed E-state index contributed by atoms with van der Waals surface area (Å²) in [6.07, 6.45) is 0. The Morgan fingerprint density at radius 1 is 0.969 bits per heavy atom. The van der Waals surface area contributed by atoms with Crippen LogP contribution in [0.4, 0.5) is 11.4 Å². The second-order valence-corrected chi connectivity index (χ2v) is 11.0. The van der Waals surface area contributed by atoms with Gasteiger partial charge in [-0.25, -0.2) is 8.42 Å². The van der Waals surface area contributed by atoms with Gasteiger partial charge in [0.2, 0.25) is 10.0 Å². The Kier molecular flexibility index (Phi) is 5.54. The highest BCUT2D eigenvalue weighted by molar-refractivity contribution is 7.89. The van der Waals surface area contributed by atoms with Gasteiger partial charge >= 0.3 is 0 Å². The Bertz CT molecular complexity index is 1370. The van der Waals surface area contributed by atoms with Crippen molar-refractivity contribution in [2.45, 2.75) is 11.8 Å². The first kappa shape index (κ1) is 21.2. The number of carbonyl (C=O) groups excluding carboxylic acids is 1. The second kappa shape index (κ2) is 8.36. The highest BCUT2D eigenvalue weighted by Crippen LogP contribution is 2.39. The molecule has 1 aromatic heterocycles. The van der Waals surface area contributed by atoms with E-state index >= 15 is 0 Å². The van der Waals surface area contributed by atoms with Gasteiger partial charge in [-0.1, -0.05) is 35.9 Å². The number of benzene rings is 2. The number of piperazine rings is 1. The number of hydrogen-bond acceptors (Lipinski definition) is 6. The molecule has 0 bridgehead atoms. The SMILES string of the molecule is Cc1ccc(-c2ccsc2C(=O)N2CCN(S(=O)(=O)c3cccc4c3N=S=N4)CC2)cc1. The topological polar surface area (TPSA) is 82.4 Å². The number of thiophene rings is 1. The van der Waals surface area contributed by atoms with Crippen LogP contribution in [0.15, 0.2) is 67.5 Å². The normalized spacial score (nSPS) is 16.1. The van der Waals surface area contributed by atoms with Crippen molar-refractivity contribution in [1.29, 1.82) is 0 Å². The summed E-state index contributed by atoms with van der Waals surface area (Å²) < 4.78 is 36.2. The van der Waals surface area contributed by atoms with Crippen molar-refractivity contribution in [2.75, 3.05) is 26.2 Å². The zero-order chi connectivity index (χ0) is 22.3. The number of aryl methyl sites for hydroxylation is 1. The summed E-state index contributed by atoms with van der Waals surface area (Å²) in [4.78, 5) is 15.8. The summed E-state index contributed by atoms with van der Waals surface area (Å²) in [5.41, 5.74) is 4.06. The van der Waals surface area contributed by atoms with Gasteiger partial charge in [-0.3, -0.25) is 4.79 Å². The largest absolute Gasteiger partial charge is 0.335 e. The van der Waals surface area contributed by atoms with Gasteiger partial charge in [0.15, 0.2) is 0 Å². The van der Waals surface area contributed by atoms with Gasteiger partial charge in [0, 0.05) is 31.7 Å². The first-order valence-corrected chi connectivity index (χ1v) is 13.2. The quantitative estimate of drug-likeness (QED) is 0.425. The molecule has 2 aliphatic rings. The standard InChI is InChI=1S/C22H20N4O3S3/c1-15-5-7-16(8-6-15)17-9-14-30-21(17)22(27)25-10-12-26(13-11-25)32(28,29)19-4-2-3-18-20(19)24-31-23-18/h2-9,14H,10-13H2,1H3. The van der Waals surface area contributed by atoms with E-state index in [2.05, 4.69) is 8.73 Å². The molecule has 32 heavy (non-hydrogen) atoms. The van der Waals surface area contributed by atoms with Gasteiger partial charge in [-0.05, 0) is 36.1 Å². The van der Waals surface area contributed by atoms with Crippen LogP contribution >= 0.6 is 11.3 Å². The predicted octanol–water partition coefficient (Wildman–Crippen LogP) is 4.60. The average molecular weight is 485 g/mol. The molecule has 0 unspecified atom stereocenters. The van der Waals surface area contributed by atoms with E-state index in [0.29, 0.717) is 29.3 Å². The van der Waals surface area contributed by atoms with E-state index in [1.807, 2.05) is 42.6 Å². The number of amides is 1. The zero-order valence-corrected chi connectivity index (χ0v) is 19.7. The van der Waals surface area contributed by atoms with Gasteiger partial charge in [0.25, 0.3) is 5.91 Å². The van der Waals surface area contributed by atoms with Crippen LogP contribution in [0.25, 0.3) is 11.1 Å². The summed E-state index contributed by atoms with van der Waals surface area (Å²) in [5.74, 6) is -0.0570. The number of hydrogen-bond donors (Lipinski definition) is 0. The average Bonchev–Trinajstić information content (AvgIpc) is 3.48. The van der Waals surface area contributed by atoms with E-state index in [9.17, 15) is 13.2 Å². The Balaban J connectivity index is 1.32. The smallest absolute Gasteiger partial charge is 0.264 e. The summed E-state index contributed by atoms with van der Waals surface area (Å²) >= 11 is 2.42. The van der Waals surface area contributed by atoms with Gasteiger partial charge in [-0.2, -0.15) is 13.0 Å². The summed E-state index contributed by atoms with van der Waals surface area (Å²) in [6, 6.07) is 15.1. The molecule has 2 aliphatic heterocycles. The molecule has 0 radical (unpaired) electrons. The van der Waals surface area contributed by atoms with Crippen LogP contribution in [-0.4, -0.2) is 49.7 Å². The fraction of sp³-hybridized carbons (Fsp3) is 0.227. The molecule has 2 aromatic carbocycles. The van der Waals surface area contributed by atoms with Crippen LogP contribution in [-0.2, 0) is 21.4 Å². The molecule has 164 valence electrons. The molecule has 1 amide bonds. The van der Waals surface area contributed by atoms with Crippen LogP contribution in [0, 0.1) is 6.92 Å². The maximum absolute atomic E-state index is 13.2. The summed E-state index contributed by atoms with van der Waals surface area (Å²) in [6.45, 7) is 3.20. The van der Waals surface area contributed by atoms with E-state index in [-0.39, 0.29) is 23.9 Å². The molecule has 5 rings (SSSR count). The van der Waals surface area contributed by atoms with Crippen molar-refractivity contribution in [3.8, 4) is 11.1 Å². The molecule has 0 aliphatic carbocycles. The molecule has 0 spiro atoms. The predicted molar refractivity (Wildman–Crippen MR) is 127 cm³/mol. The first-order valence-electron chi connectivity index (χ1n) is 10.1. The lowest BCUT2D eigenvalue weighted by Gasteiger charge is -2.34. The molecular weight excluding hydrogens is 464 g/mol. The van der Waals surface area contributed by atoms with Crippen molar-refractivity contribution in [3.63, 3.8) is 0 Å². The Hall–Kier alpha value is -2.66. The van der Waals surface area contributed by atoms with E-state index in [0.717, 1.165) is 22.5 Å². The minimum atomic E-state index is -3.71. The van der Waals surface area contributed by atoms with Gasteiger partial charge < -0.3 is 4.90 Å². The van der Waals surface area contributed by atoms with Crippen molar-refractivity contribution in [2.24, 2.45) is 8.73 Å². The third-order valence-corrected chi connectivity index (χ3v) is 8.99. The zero-order valence-electron chi connectivity index (χ0n) is 17.3. The Morgan fingerprint density at radius 3 is 2.47 bits per heavy atom. The van der Waals surface area contributed by atoms with Crippen molar-refractivity contribution in [3.05, 3.63) is 64.4 Å². The monoisotopic (exact) mass is 484 g/mol. The third kappa shape index (κ3) is 3.73. The summed E-state index contributed by atoms with van der Waals surface area (Å²) in [7, 11) is -3.71. The van der Waals surface area contributed by atoms with Crippen molar-refractivity contribution in [1.82, 2.24) is 9.21 Å². The van der Waals surface area contributed by atoms with Crippen molar-refractivity contribution < 1.29 is 13.2 Å². The fourth-order valence-corrected chi connectivity index (χ4v) is 6.90. The highest BCUT2D eigenvalue weighted by atomic mass is 32.2. The molecule has 3 heterocycles. The molecule has 1 saturated heterocycles. The number of rotatable bonds is 4. The molecule has 3 aromatic rings. The highest BCUT2D eigenvalue weighted by Gasteiger charge is 2.33. The maximum atomic E-state index is 13.2. The van der Waals surface area contributed by atoms with Gasteiger partial charge in [-0.15, -0.1) is 11.3 Å². The molecule has 0 N–H and O–H groups in total. The second-order valence-electron chi connectivity index (χ2n) is 7.61. The number of nitrogens with zero attached hydrogens (tertiary/aromatic N) is 4. The fourth-order valence-electron chi connectivity index (χ4n) is 3.84. The minimum Gasteiger partial charge on any atom is -0.335 e. The van der Waals surface area contributed by atoms with E-state index in [4.69, 9.17) is 0 Å². The van der Waals surface area contributed by atoms with Crippen LogP contribution in [0.1, 0.15) is 15.2 Å². The first-order chi connectivity index (χ1) is 15.4.